The summed E-state index contributed by atoms with van der Waals surface area (Å²) in [6, 6.07) is 0. The minimum atomic E-state index is -0.208. The second kappa shape index (κ2) is 6.12. The van der Waals surface area contributed by atoms with E-state index in [1.165, 1.54) is 6.92 Å². The molecular weight excluding hydrogens is 248 g/mol. The lowest BCUT2D eigenvalue weighted by Gasteiger charge is -2.16. The number of aromatic nitrogens is 2. The quantitative estimate of drug-likeness (QED) is 0.799. The first-order chi connectivity index (χ1) is 9.15. The smallest absolute Gasteiger partial charge is 0.242 e. The SMILES string of the molecule is CC(=O)NCC(=O)N1CC[C@@H](Oc2cnccn2)C1. The van der Waals surface area contributed by atoms with Crippen LogP contribution in [0.15, 0.2) is 18.6 Å². The molecule has 2 heterocycles. The molecule has 7 nitrogen and oxygen atoms in total. The van der Waals surface area contributed by atoms with Crippen molar-refractivity contribution in [3.63, 3.8) is 0 Å². The molecule has 0 unspecified atom stereocenters. The summed E-state index contributed by atoms with van der Waals surface area (Å²) in [5, 5.41) is 2.49. The topological polar surface area (TPSA) is 84.4 Å². The molecule has 0 radical (unpaired) electrons. The van der Waals surface area contributed by atoms with Gasteiger partial charge >= 0.3 is 0 Å². The number of carbonyl (C=O) groups is 2. The summed E-state index contributed by atoms with van der Waals surface area (Å²) < 4.78 is 5.63. The third-order valence-electron chi connectivity index (χ3n) is 2.81. The van der Waals surface area contributed by atoms with Crippen LogP contribution in [-0.4, -0.2) is 52.4 Å². The molecule has 102 valence electrons. The van der Waals surface area contributed by atoms with Gasteiger partial charge in [-0.15, -0.1) is 0 Å². The Balaban J connectivity index is 1.80. The normalized spacial score (nSPS) is 18.2. The van der Waals surface area contributed by atoms with Crippen molar-refractivity contribution in [2.24, 2.45) is 0 Å². The zero-order valence-electron chi connectivity index (χ0n) is 10.7. The average Bonchev–Trinajstić information content (AvgIpc) is 2.85. The van der Waals surface area contributed by atoms with Crippen LogP contribution >= 0.6 is 0 Å². The Morgan fingerprint density at radius 2 is 2.37 bits per heavy atom. The van der Waals surface area contributed by atoms with Crippen molar-refractivity contribution >= 4 is 11.8 Å². The third-order valence-corrected chi connectivity index (χ3v) is 2.81. The van der Waals surface area contributed by atoms with E-state index >= 15 is 0 Å². The number of hydrogen-bond donors (Lipinski definition) is 1. The zero-order valence-corrected chi connectivity index (χ0v) is 10.7. The molecule has 0 spiro atoms. The minimum Gasteiger partial charge on any atom is -0.471 e. The van der Waals surface area contributed by atoms with Crippen molar-refractivity contribution in [2.45, 2.75) is 19.4 Å². The van der Waals surface area contributed by atoms with Crippen molar-refractivity contribution in [2.75, 3.05) is 19.6 Å². The largest absolute Gasteiger partial charge is 0.471 e. The van der Waals surface area contributed by atoms with Crippen LogP contribution in [0, 0.1) is 0 Å². The van der Waals surface area contributed by atoms with Gasteiger partial charge in [-0.2, -0.15) is 0 Å². The number of carbonyl (C=O) groups excluding carboxylic acids is 2. The van der Waals surface area contributed by atoms with Gasteiger partial charge in [0.05, 0.1) is 19.3 Å². The first-order valence-corrected chi connectivity index (χ1v) is 6.10. The van der Waals surface area contributed by atoms with Crippen LogP contribution in [0.5, 0.6) is 5.88 Å². The van der Waals surface area contributed by atoms with E-state index in [0.717, 1.165) is 6.42 Å². The highest BCUT2D eigenvalue weighted by molar-refractivity contribution is 5.83. The van der Waals surface area contributed by atoms with E-state index in [0.29, 0.717) is 19.0 Å². The van der Waals surface area contributed by atoms with Gasteiger partial charge in [-0.3, -0.25) is 14.6 Å². The number of hydrogen-bond acceptors (Lipinski definition) is 5. The van der Waals surface area contributed by atoms with Gasteiger partial charge in [0.2, 0.25) is 17.7 Å². The fraction of sp³-hybridized carbons (Fsp3) is 0.500. The van der Waals surface area contributed by atoms with E-state index in [9.17, 15) is 9.59 Å². The maximum atomic E-state index is 11.8. The minimum absolute atomic E-state index is 0.0349. The van der Waals surface area contributed by atoms with E-state index in [-0.39, 0.29) is 24.5 Å². The highest BCUT2D eigenvalue weighted by Gasteiger charge is 2.27. The molecule has 1 aromatic rings. The lowest BCUT2D eigenvalue weighted by Crippen LogP contribution is -2.39. The van der Waals surface area contributed by atoms with Gasteiger partial charge in [0, 0.05) is 32.3 Å². The Morgan fingerprint density at radius 1 is 1.53 bits per heavy atom. The van der Waals surface area contributed by atoms with Crippen LogP contribution in [0.1, 0.15) is 13.3 Å². The number of nitrogens with zero attached hydrogens (tertiary/aromatic N) is 3. The number of rotatable bonds is 4. The Morgan fingerprint density at radius 3 is 3.05 bits per heavy atom. The standard InChI is InChI=1S/C12H16N4O3/c1-9(17)15-7-12(18)16-5-2-10(8-16)19-11-6-13-3-4-14-11/h3-4,6,10H,2,5,7-8H2,1H3,(H,15,17)/t10-/m1/s1. The summed E-state index contributed by atoms with van der Waals surface area (Å²) in [4.78, 5) is 32.1. The van der Waals surface area contributed by atoms with Gasteiger partial charge in [0.15, 0.2) is 0 Å². The third kappa shape index (κ3) is 3.90. The molecule has 0 aliphatic carbocycles. The predicted octanol–water partition coefficient (Wildman–Crippen LogP) is -0.408. The van der Waals surface area contributed by atoms with Crippen molar-refractivity contribution < 1.29 is 14.3 Å². The maximum Gasteiger partial charge on any atom is 0.242 e. The number of nitrogens with one attached hydrogen (secondary N) is 1. The molecule has 0 saturated carbocycles. The van der Waals surface area contributed by atoms with Crippen LogP contribution in [0.2, 0.25) is 0 Å². The van der Waals surface area contributed by atoms with Gasteiger partial charge in [-0.1, -0.05) is 0 Å². The fourth-order valence-corrected chi connectivity index (χ4v) is 1.88. The molecule has 1 aromatic heterocycles. The molecule has 19 heavy (non-hydrogen) atoms. The maximum absolute atomic E-state index is 11.8. The first kappa shape index (κ1) is 13.3. The summed E-state index contributed by atoms with van der Waals surface area (Å²) in [6.45, 7) is 2.56. The average molecular weight is 264 g/mol. The lowest BCUT2D eigenvalue weighted by atomic mass is 10.3. The molecule has 1 fully saturated rings. The fourth-order valence-electron chi connectivity index (χ4n) is 1.88. The Hall–Kier alpha value is -2.18. The Bertz CT molecular complexity index is 452. The van der Waals surface area contributed by atoms with E-state index in [4.69, 9.17) is 4.74 Å². The van der Waals surface area contributed by atoms with Crippen molar-refractivity contribution in [3.8, 4) is 5.88 Å². The molecule has 1 saturated heterocycles. The molecule has 1 aliphatic heterocycles. The predicted molar refractivity (Wildman–Crippen MR) is 66.3 cm³/mol. The first-order valence-electron chi connectivity index (χ1n) is 6.10. The van der Waals surface area contributed by atoms with Gasteiger partial charge in [-0.05, 0) is 0 Å². The van der Waals surface area contributed by atoms with Gasteiger partial charge < -0.3 is 15.0 Å². The number of amides is 2. The van der Waals surface area contributed by atoms with E-state index in [1.807, 2.05) is 0 Å². The zero-order chi connectivity index (χ0) is 13.7. The summed E-state index contributed by atoms with van der Waals surface area (Å²) in [5.41, 5.74) is 0. The van der Waals surface area contributed by atoms with Crippen LogP contribution < -0.4 is 10.1 Å². The summed E-state index contributed by atoms with van der Waals surface area (Å²) in [5.74, 6) is 0.156. The molecular formula is C12H16N4O3. The van der Waals surface area contributed by atoms with Crippen LogP contribution in [0.3, 0.4) is 0 Å². The van der Waals surface area contributed by atoms with Gasteiger partial charge in [0.1, 0.15) is 6.10 Å². The lowest BCUT2D eigenvalue weighted by molar-refractivity contribution is -0.131. The van der Waals surface area contributed by atoms with Crippen molar-refractivity contribution in [1.29, 1.82) is 0 Å². The molecule has 1 aliphatic rings. The second-order valence-corrected chi connectivity index (χ2v) is 4.32. The second-order valence-electron chi connectivity index (χ2n) is 4.32. The van der Waals surface area contributed by atoms with Gasteiger partial charge in [0.25, 0.3) is 0 Å². The molecule has 2 amide bonds. The Labute approximate surface area is 111 Å². The molecule has 0 bridgehead atoms. The van der Waals surface area contributed by atoms with Crippen LogP contribution in [0.25, 0.3) is 0 Å². The molecule has 0 aromatic carbocycles. The van der Waals surface area contributed by atoms with Crippen molar-refractivity contribution in [3.05, 3.63) is 18.6 Å². The van der Waals surface area contributed by atoms with E-state index in [1.54, 1.807) is 23.5 Å². The molecule has 1 atom stereocenters. The summed E-state index contributed by atoms with van der Waals surface area (Å²) in [7, 11) is 0. The summed E-state index contributed by atoms with van der Waals surface area (Å²) >= 11 is 0. The van der Waals surface area contributed by atoms with E-state index < -0.39 is 0 Å². The molecule has 1 N–H and O–H groups in total. The van der Waals surface area contributed by atoms with Gasteiger partial charge in [-0.25, -0.2) is 4.98 Å². The van der Waals surface area contributed by atoms with Crippen LogP contribution in [-0.2, 0) is 9.59 Å². The molecule has 7 heteroatoms. The van der Waals surface area contributed by atoms with E-state index in [2.05, 4.69) is 15.3 Å². The Kier molecular flexibility index (Phi) is 4.27. The number of likely N-dealkylation sites (tertiary alicyclic amines) is 1. The summed E-state index contributed by atoms with van der Waals surface area (Å²) in [6.07, 6.45) is 5.36. The highest BCUT2D eigenvalue weighted by atomic mass is 16.5. The number of ether oxygens (including phenoxy) is 1. The monoisotopic (exact) mass is 264 g/mol. The highest BCUT2D eigenvalue weighted by Crippen LogP contribution is 2.15. The van der Waals surface area contributed by atoms with Crippen LogP contribution in [0.4, 0.5) is 0 Å². The molecule has 2 rings (SSSR count). The van der Waals surface area contributed by atoms with Crippen molar-refractivity contribution in [1.82, 2.24) is 20.2 Å².